The van der Waals surface area contributed by atoms with Gasteiger partial charge >= 0.3 is 0 Å². The first-order valence-electron chi connectivity index (χ1n) is 5.80. The van der Waals surface area contributed by atoms with Crippen LogP contribution in [0, 0.1) is 5.82 Å². The molecule has 0 aromatic heterocycles. The van der Waals surface area contributed by atoms with E-state index in [2.05, 4.69) is 5.32 Å². The molecular formula is C14H9ClFNO2S. The molecule has 2 aromatic rings. The van der Waals surface area contributed by atoms with Gasteiger partial charge in [-0.2, -0.15) is 0 Å². The number of amides is 1. The van der Waals surface area contributed by atoms with Gasteiger partial charge in [-0.25, -0.2) is 4.39 Å². The van der Waals surface area contributed by atoms with Crippen LogP contribution in [-0.4, -0.2) is 11.0 Å². The van der Waals surface area contributed by atoms with Crippen LogP contribution in [0.3, 0.4) is 0 Å². The Labute approximate surface area is 123 Å². The number of fused-ring (bicyclic) bond motifs is 1. The molecule has 3 nitrogen and oxygen atoms in total. The lowest BCUT2D eigenvalue weighted by atomic mass is 10.1. The average molecular weight is 310 g/mol. The fraction of sp³-hybridized carbons (Fsp3) is 0.0714. The normalized spacial score (nSPS) is 16.9. The minimum atomic E-state index is -1.17. The fourth-order valence-electron chi connectivity index (χ4n) is 1.95. The number of anilines is 1. The minimum absolute atomic E-state index is 0.301. The van der Waals surface area contributed by atoms with Gasteiger partial charge in [0.05, 0.1) is 5.02 Å². The maximum Gasteiger partial charge on any atom is 0.257 e. The summed E-state index contributed by atoms with van der Waals surface area (Å²) in [5, 5.41) is 12.7. The van der Waals surface area contributed by atoms with Crippen LogP contribution in [0.5, 0.6) is 0 Å². The Hall–Kier alpha value is -1.56. The van der Waals surface area contributed by atoms with Crippen LogP contribution < -0.4 is 5.32 Å². The predicted molar refractivity (Wildman–Crippen MR) is 75.6 cm³/mol. The van der Waals surface area contributed by atoms with Gasteiger partial charge in [0, 0.05) is 21.0 Å². The molecule has 20 heavy (non-hydrogen) atoms. The molecule has 1 amide bonds. The zero-order valence-corrected chi connectivity index (χ0v) is 11.6. The van der Waals surface area contributed by atoms with Crippen LogP contribution in [-0.2, 0) is 4.79 Å². The number of hydrogen-bond acceptors (Lipinski definition) is 3. The molecule has 0 radical (unpaired) electrons. The molecule has 1 aliphatic heterocycles. The maximum atomic E-state index is 12.9. The molecule has 6 heteroatoms. The van der Waals surface area contributed by atoms with E-state index < -0.39 is 12.0 Å². The maximum absolute atomic E-state index is 12.9. The molecule has 1 heterocycles. The van der Waals surface area contributed by atoms with Crippen molar-refractivity contribution in [2.24, 2.45) is 0 Å². The van der Waals surface area contributed by atoms with Gasteiger partial charge in [-0.3, -0.25) is 4.79 Å². The van der Waals surface area contributed by atoms with Gasteiger partial charge in [0.1, 0.15) is 5.82 Å². The zero-order valence-electron chi connectivity index (χ0n) is 10.1. The topological polar surface area (TPSA) is 49.3 Å². The molecule has 1 aliphatic rings. The smallest absolute Gasteiger partial charge is 0.257 e. The van der Waals surface area contributed by atoms with Crippen molar-refractivity contribution in [2.75, 3.05) is 5.32 Å². The summed E-state index contributed by atoms with van der Waals surface area (Å²) >= 11 is 7.52. The van der Waals surface area contributed by atoms with Crippen molar-refractivity contribution < 1.29 is 14.3 Å². The van der Waals surface area contributed by atoms with E-state index in [0.717, 1.165) is 9.79 Å². The van der Waals surface area contributed by atoms with Crippen LogP contribution in [0.4, 0.5) is 10.1 Å². The van der Waals surface area contributed by atoms with Gasteiger partial charge in [0.15, 0.2) is 6.10 Å². The molecule has 2 aromatic carbocycles. The zero-order chi connectivity index (χ0) is 14.3. The first-order chi connectivity index (χ1) is 9.54. The molecule has 0 aliphatic carbocycles. The third kappa shape index (κ3) is 2.40. The van der Waals surface area contributed by atoms with Crippen molar-refractivity contribution >= 4 is 35.0 Å². The van der Waals surface area contributed by atoms with Gasteiger partial charge in [0.25, 0.3) is 5.91 Å². The molecule has 3 rings (SSSR count). The van der Waals surface area contributed by atoms with Gasteiger partial charge in [-0.05, 0) is 36.4 Å². The van der Waals surface area contributed by atoms with Crippen molar-refractivity contribution in [1.29, 1.82) is 0 Å². The molecule has 0 fully saturated rings. The van der Waals surface area contributed by atoms with Gasteiger partial charge in [-0.15, -0.1) is 0 Å². The van der Waals surface area contributed by atoms with Crippen molar-refractivity contribution in [3.05, 3.63) is 52.8 Å². The van der Waals surface area contributed by atoms with Crippen LogP contribution >= 0.6 is 23.4 Å². The molecule has 1 atom stereocenters. The Kier molecular flexibility index (Phi) is 3.41. The Morgan fingerprint density at radius 3 is 2.65 bits per heavy atom. The highest BCUT2D eigenvalue weighted by Gasteiger charge is 2.29. The van der Waals surface area contributed by atoms with Crippen LogP contribution in [0.15, 0.2) is 46.2 Å². The van der Waals surface area contributed by atoms with E-state index in [1.54, 1.807) is 24.3 Å². The van der Waals surface area contributed by atoms with Gasteiger partial charge in [0.2, 0.25) is 0 Å². The Morgan fingerprint density at radius 2 is 1.95 bits per heavy atom. The fourth-order valence-corrected chi connectivity index (χ4v) is 3.10. The van der Waals surface area contributed by atoms with Crippen molar-refractivity contribution in [1.82, 2.24) is 0 Å². The number of aliphatic hydroxyl groups excluding tert-OH is 1. The second-order valence-electron chi connectivity index (χ2n) is 4.32. The molecule has 0 saturated carbocycles. The summed E-state index contributed by atoms with van der Waals surface area (Å²) in [6.45, 7) is 0. The number of rotatable bonds is 2. The standard InChI is InChI=1S/C14H9ClFNO2S/c15-10-5-9-11(17-14(19)13(9)18)6-12(10)20-8-3-1-7(16)2-4-8/h1-6,13,18H,(H,17,19). The summed E-state index contributed by atoms with van der Waals surface area (Å²) in [5.74, 6) is -0.759. The highest BCUT2D eigenvalue weighted by Crippen LogP contribution is 2.41. The quantitative estimate of drug-likeness (QED) is 0.891. The number of nitrogens with one attached hydrogen (secondary N) is 1. The molecule has 0 bridgehead atoms. The van der Waals surface area contributed by atoms with E-state index in [1.165, 1.54) is 23.9 Å². The lowest BCUT2D eigenvalue weighted by molar-refractivity contribution is -0.123. The Balaban J connectivity index is 1.94. The molecule has 1 unspecified atom stereocenters. The van der Waals surface area contributed by atoms with E-state index in [0.29, 0.717) is 16.3 Å². The Morgan fingerprint density at radius 1 is 1.25 bits per heavy atom. The summed E-state index contributed by atoms with van der Waals surface area (Å²) in [6, 6.07) is 9.32. The van der Waals surface area contributed by atoms with Crippen LogP contribution in [0.2, 0.25) is 5.02 Å². The van der Waals surface area contributed by atoms with Gasteiger partial charge < -0.3 is 10.4 Å². The summed E-state index contributed by atoms with van der Waals surface area (Å²) in [7, 11) is 0. The second-order valence-corrected chi connectivity index (χ2v) is 5.84. The number of carbonyl (C=O) groups is 1. The van der Waals surface area contributed by atoms with E-state index in [-0.39, 0.29) is 5.82 Å². The number of halogens is 2. The minimum Gasteiger partial charge on any atom is -0.378 e. The van der Waals surface area contributed by atoms with E-state index in [9.17, 15) is 14.3 Å². The summed E-state index contributed by atoms with van der Waals surface area (Å²) < 4.78 is 12.9. The monoisotopic (exact) mass is 309 g/mol. The summed E-state index contributed by atoms with van der Waals surface area (Å²) in [5.41, 5.74) is 1.03. The van der Waals surface area contributed by atoms with Crippen molar-refractivity contribution in [2.45, 2.75) is 15.9 Å². The molecule has 0 spiro atoms. The molecule has 102 valence electrons. The third-order valence-electron chi connectivity index (χ3n) is 2.95. The summed E-state index contributed by atoms with van der Waals surface area (Å²) in [6.07, 6.45) is -1.17. The molecular weight excluding hydrogens is 301 g/mol. The first-order valence-corrected chi connectivity index (χ1v) is 7.00. The third-order valence-corrected chi connectivity index (χ3v) is 4.44. The van der Waals surface area contributed by atoms with E-state index >= 15 is 0 Å². The summed E-state index contributed by atoms with van der Waals surface area (Å²) in [4.78, 5) is 13.0. The average Bonchev–Trinajstić information content (AvgIpc) is 2.69. The highest BCUT2D eigenvalue weighted by molar-refractivity contribution is 7.99. The van der Waals surface area contributed by atoms with Crippen LogP contribution in [0.1, 0.15) is 11.7 Å². The SMILES string of the molecule is O=C1Nc2cc(Sc3ccc(F)cc3)c(Cl)cc2C1O. The highest BCUT2D eigenvalue weighted by atomic mass is 35.5. The van der Waals surface area contributed by atoms with Crippen molar-refractivity contribution in [3.8, 4) is 0 Å². The first kappa shape index (κ1) is 13.4. The van der Waals surface area contributed by atoms with Crippen LogP contribution in [0.25, 0.3) is 0 Å². The lowest BCUT2D eigenvalue weighted by Gasteiger charge is -2.08. The number of hydrogen-bond donors (Lipinski definition) is 2. The van der Waals surface area contributed by atoms with E-state index in [1.807, 2.05) is 0 Å². The number of carbonyl (C=O) groups excluding carboxylic acids is 1. The lowest BCUT2D eigenvalue weighted by Crippen LogP contribution is -2.10. The van der Waals surface area contributed by atoms with E-state index in [4.69, 9.17) is 11.6 Å². The second kappa shape index (κ2) is 5.09. The Bertz CT molecular complexity index is 690. The largest absolute Gasteiger partial charge is 0.378 e. The van der Waals surface area contributed by atoms with Gasteiger partial charge in [-0.1, -0.05) is 23.4 Å². The number of aliphatic hydroxyl groups is 1. The molecule has 2 N–H and O–H groups in total. The van der Waals surface area contributed by atoms with Crippen molar-refractivity contribution in [3.63, 3.8) is 0 Å². The predicted octanol–water partition coefficient (Wildman–Crippen LogP) is 3.62. The molecule has 0 saturated heterocycles. The number of benzene rings is 2.